The van der Waals surface area contributed by atoms with Crippen LogP contribution in [-0.4, -0.2) is 30.4 Å². The lowest BCUT2D eigenvalue weighted by Crippen LogP contribution is -2.33. The van der Waals surface area contributed by atoms with E-state index in [1.807, 2.05) is 4.90 Å². The second-order valence-corrected chi connectivity index (χ2v) is 5.52. The molecule has 1 aromatic rings. The second-order valence-electron chi connectivity index (χ2n) is 5.52. The van der Waals surface area contributed by atoms with Crippen LogP contribution in [0.25, 0.3) is 0 Å². The van der Waals surface area contributed by atoms with E-state index < -0.39 is 0 Å². The zero-order valence-electron chi connectivity index (χ0n) is 14.0. The van der Waals surface area contributed by atoms with Crippen LogP contribution in [0.15, 0.2) is 18.2 Å². The van der Waals surface area contributed by atoms with Gasteiger partial charge >= 0.3 is 0 Å². The molecule has 1 rings (SSSR count). The van der Waals surface area contributed by atoms with E-state index in [0.717, 1.165) is 32.4 Å². The van der Waals surface area contributed by atoms with Crippen molar-refractivity contribution < 1.29 is 4.79 Å². The number of hydrogen-bond donors (Lipinski definition) is 1. The van der Waals surface area contributed by atoms with Crippen LogP contribution in [0.4, 0.5) is 5.69 Å². The molecule has 0 saturated carbocycles. The fourth-order valence-electron chi connectivity index (χ4n) is 2.63. The summed E-state index contributed by atoms with van der Waals surface area (Å²) in [5.74, 6) is 0.262. The first kappa shape index (κ1) is 17.5. The van der Waals surface area contributed by atoms with E-state index in [1.54, 1.807) is 0 Å². The zero-order valence-corrected chi connectivity index (χ0v) is 14.0. The van der Waals surface area contributed by atoms with Crippen molar-refractivity contribution in [3.8, 4) is 0 Å². The molecule has 0 bridgehead atoms. The first-order chi connectivity index (χ1) is 10.1. The Kier molecular flexibility index (Phi) is 7.88. The highest BCUT2D eigenvalue weighted by Crippen LogP contribution is 2.20. The van der Waals surface area contributed by atoms with Gasteiger partial charge in [-0.05, 0) is 37.3 Å². The van der Waals surface area contributed by atoms with Gasteiger partial charge in [0.05, 0.1) is 0 Å². The Hall–Kier alpha value is -1.51. The van der Waals surface area contributed by atoms with Crippen LogP contribution in [-0.2, 0) is 11.2 Å². The first-order valence-electron chi connectivity index (χ1n) is 8.24. The van der Waals surface area contributed by atoms with Gasteiger partial charge in [-0.25, -0.2) is 0 Å². The van der Waals surface area contributed by atoms with Crippen molar-refractivity contribution in [2.75, 3.05) is 25.0 Å². The van der Waals surface area contributed by atoms with Gasteiger partial charge in [0.2, 0.25) is 5.91 Å². The maximum atomic E-state index is 12.2. The van der Waals surface area contributed by atoms with E-state index in [0.29, 0.717) is 13.0 Å². The number of aryl methyl sites for hydroxylation is 2. The lowest BCUT2D eigenvalue weighted by Gasteiger charge is -2.22. The molecular weight excluding hydrogens is 260 g/mol. The van der Waals surface area contributed by atoms with Crippen molar-refractivity contribution in [2.24, 2.45) is 0 Å². The van der Waals surface area contributed by atoms with E-state index in [1.165, 1.54) is 16.8 Å². The van der Waals surface area contributed by atoms with Crippen LogP contribution in [0.5, 0.6) is 0 Å². The summed E-state index contributed by atoms with van der Waals surface area (Å²) in [6.45, 7) is 11.0. The Morgan fingerprint density at radius 2 is 1.81 bits per heavy atom. The SMILES string of the molecule is CCCN(CCC)C(=O)CCNc1c(C)cccc1CC. The predicted molar refractivity (Wildman–Crippen MR) is 90.8 cm³/mol. The van der Waals surface area contributed by atoms with Gasteiger partial charge in [0, 0.05) is 31.7 Å². The highest BCUT2D eigenvalue weighted by molar-refractivity contribution is 5.76. The number of carbonyl (C=O) groups is 1. The molecule has 1 aromatic carbocycles. The number of hydrogen-bond acceptors (Lipinski definition) is 2. The number of nitrogens with zero attached hydrogens (tertiary/aromatic N) is 1. The zero-order chi connectivity index (χ0) is 15.7. The Bertz CT molecular complexity index is 437. The second kappa shape index (κ2) is 9.43. The molecule has 1 N–H and O–H groups in total. The topological polar surface area (TPSA) is 32.3 Å². The summed E-state index contributed by atoms with van der Waals surface area (Å²) >= 11 is 0. The van der Waals surface area contributed by atoms with Crippen LogP contribution in [0.1, 0.15) is 51.2 Å². The molecule has 0 heterocycles. The maximum Gasteiger partial charge on any atom is 0.224 e. The molecule has 0 atom stereocenters. The minimum atomic E-state index is 0.262. The molecule has 0 spiro atoms. The summed E-state index contributed by atoms with van der Waals surface area (Å²) in [6.07, 6.45) is 3.63. The molecule has 21 heavy (non-hydrogen) atoms. The number of rotatable bonds is 9. The molecule has 1 amide bonds. The molecule has 0 unspecified atom stereocenters. The quantitative estimate of drug-likeness (QED) is 0.745. The van der Waals surface area contributed by atoms with Crippen LogP contribution in [0.2, 0.25) is 0 Å². The number of benzene rings is 1. The molecule has 0 aliphatic rings. The first-order valence-corrected chi connectivity index (χ1v) is 8.24. The van der Waals surface area contributed by atoms with E-state index in [4.69, 9.17) is 0 Å². The standard InChI is InChI=1S/C18H30N2O/c1-5-13-20(14-6-2)17(21)11-12-19-18-15(4)9-8-10-16(18)7-3/h8-10,19H,5-7,11-14H2,1-4H3. The van der Waals surface area contributed by atoms with Gasteiger partial charge in [-0.2, -0.15) is 0 Å². The third kappa shape index (κ3) is 5.41. The molecule has 3 nitrogen and oxygen atoms in total. The van der Waals surface area contributed by atoms with Crippen molar-refractivity contribution in [1.29, 1.82) is 0 Å². The fraction of sp³-hybridized carbons (Fsp3) is 0.611. The van der Waals surface area contributed by atoms with Gasteiger partial charge in [-0.3, -0.25) is 4.79 Å². The summed E-state index contributed by atoms with van der Waals surface area (Å²) < 4.78 is 0. The molecular formula is C18H30N2O. The summed E-state index contributed by atoms with van der Waals surface area (Å²) in [4.78, 5) is 14.2. The predicted octanol–water partition coefficient (Wildman–Crippen LogP) is 4.01. The number of anilines is 1. The van der Waals surface area contributed by atoms with E-state index in [2.05, 4.69) is 51.2 Å². The molecule has 0 aliphatic carbocycles. The largest absolute Gasteiger partial charge is 0.384 e. The van der Waals surface area contributed by atoms with Gasteiger partial charge in [0.15, 0.2) is 0 Å². The van der Waals surface area contributed by atoms with Crippen LogP contribution in [0.3, 0.4) is 0 Å². The number of nitrogens with one attached hydrogen (secondary N) is 1. The van der Waals surface area contributed by atoms with Crippen LogP contribution < -0.4 is 5.32 Å². The minimum Gasteiger partial charge on any atom is -0.384 e. The van der Waals surface area contributed by atoms with Crippen molar-refractivity contribution in [3.05, 3.63) is 29.3 Å². The molecule has 0 aliphatic heterocycles. The number of amides is 1. The monoisotopic (exact) mass is 290 g/mol. The lowest BCUT2D eigenvalue weighted by atomic mass is 10.1. The highest BCUT2D eigenvalue weighted by atomic mass is 16.2. The van der Waals surface area contributed by atoms with Crippen LogP contribution >= 0.6 is 0 Å². The molecule has 118 valence electrons. The van der Waals surface area contributed by atoms with E-state index in [9.17, 15) is 4.79 Å². The highest BCUT2D eigenvalue weighted by Gasteiger charge is 2.11. The Balaban J connectivity index is 2.54. The van der Waals surface area contributed by atoms with Crippen molar-refractivity contribution >= 4 is 11.6 Å². The Morgan fingerprint density at radius 1 is 1.14 bits per heavy atom. The fourth-order valence-corrected chi connectivity index (χ4v) is 2.63. The molecule has 0 radical (unpaired) electrons. The minimum absolute atomic E-state index is 0.262. The van der Waals surface area contributed by atoms with Gasteiger partial charge in [-0.15, -0.1) is 0 Å². The van der Waals surface area contributed by atoms with Crippen molar-refractivity contribution in [2.45, 2.75) is 53.4 Å². The Labute approximate surface area is 129 Å². The molecule has 0 aromatic heterocycles. The molecule has 0 fully saturated rings. The van der Waals surface area contributed by atoms with Crippen molar-refractivity contribution in [1.82, 2.24) is 4.90 Å². The lowest BCUT2D eigenvalue weighted by molar-refractivity contribution is -0.131. The third-order valence-electron chi connectivity index (χ3n) is 3.72. The third-order valence-corrected chi connectivity index (χ3v) is 3.72. The van der Waals surface area contributed by atoms with E-state index in [-0.39, 0.29) is 5.91 Å². The van der Waals surface area contributed by atoms with Gasteiger partial charge < -0.3 is 10.2 Å². The smallest absolute Gasteiger partial charge is 0.224 e. The normalized spacial score (nSPS) is 10.5. The van der Waals surface area contributed by atoms with Crippen LogP contribution in [0, 0.1) is 6.92 Å². The van der Waals surface area contributed by atoms with Crippen molar-refractivity contribution in [3.63, 3.8) is 0 Å². The number of para-hydroxylation sites is 1. The summed E-state index contributed by atoms with van der Waals surface area (Å²) in [6, 6.07) is 6.36. The summed E-state index contributed by atoms with van der Waals surface area (Å²) in [7, 11) is 0. The van der Waals surface area contributed by atoms with Gasteiger partial charge in [-0.1, -0.05) is 39.0 Å². The molecule has 0 saturated heterocycles. The Morgan fingerprint density at radius 3 is 2.38 bits per heavy atom. The van der Waals surface area contributed by atoms with Gasteiger partial charge in [0.25, 0.3) is 0 Å². The average Bonchev–Trinajstić information content (AvgIpc) is 2.48. The summed E-state index contributed by atoms with van der Waals surface area (Å²) in [5.41, 5.74) is 3.77. The van der Waals surface area contributed by atoms with E-state index >= 15 is 0 Å². The summed E-state index contributed by atoms with van der Waals surface area (Å²) in [5, 5.41) is 3.45. The van der Waals surface area contributed by atoms with Gasteiger partial charge in [0.1, 0.15) is 0 Å². The maximum absolute atomic E-state index is 12.2. The average molecular weight is 290 g/mol. The number of carbonyl (C=O) groups excluding carboxylic acids is 1. The molecule has 3 heteroatoms.